The van der Waals surface area contributed by atoms with Crippen molar-refractivity contribution in [2.75, 3.05) is 0 Å². The van der Waals surface area contributed by atoms with Gasteiger partial charge in [0.15, 0.2) is 0 Å². The molecule has 0 saturated heterocycles. The van der Waals surface area contributed by atoms with E-state index in [0.717, 1.165) is 68.6 Å². The molecule has 5 heteroatoms. The fourth-order valence-electron chi connectivity index (χ4n) is 9.75. The van der Waals surface area contributed by atoms with E-state index in [1.54, 1.807) is 0 Å². The zero-order chi connectivity index (χ0) is 39.9. The second-order valence-corrected chi connectivity index (χ2v) is 24.2. The van der Waals surface area contributed by atoms with Crippen LogP contribution in [-0.2, 0) is 32.9 Å². The van der Waals surface area contributed by atoms with Crippen molar-refractivity contribution in [2.45, 2.75) is 99.2 Å². The van der Waals surface area contributed by atoms with Crippen LogP contribution in [0.25, 0.3) is 55.6 Å². The van der Waals surface area contributed by atoms with E-state index in [2.05, 4.69) is 139 Å². The van der Waals surface area contributed by atoms with Gasteiger partial charge in [-0.15, -0.1) is 54.1 Å². The molecule has 3 nitrogen and oxygen atoms in total. The first kappa shape index (κ1) is 42.0. The Hall–Kier alpha value is -4.15. The molecule has 0 aliphatic heterocycles. The maximum atomic E-state index is 6.54. The molecule has 301 valence electrons. The standard InChI is InChI=1S/C34H32NO.C19H26NSi.Ir/c1-21-5-3-6-22(2)33(21)26-13-14-28-29-7-4-8-30(34(29)36-32(28)20-26)31-19-24(15-16-35-31)18-27-17-23-9-11-25(27)12-10-23;1-19(2,3)13-16-12-17(15-10-8-7-9-11-15)20-14-18(16)21(4,5)6;/h3-7,13-16,19-20,23,25,27H,9-12,17-18H2,1-2H3;7-10,12,14H,13H2,1-6H3;/q2*-1;. The Bertz CT molecular complexity index is 2500. The summed E-state index contributed by atoms with van der Waals surface area (Å²) in [6, 6.07) is 38.8. The Morgan fingerprint density at radius 2 is 1.55 bits per heavy atom. The first-order valence-electron chi connectivity index (χ1n) is 21.2. The molecule has 0 amide bonds. The first-order valence-corrected chi connectivity index (χ1v) is 24.7. The number of furan rings is 1. The molecule has 3 fully saturated rings. The fourth-order valence-corrected chi connectivity index (χ4v) is 11.3. The van der Waals surface area contributed by atoms with E-state index in [9.17, 15) is 0 Å². The minimum absolute atomic E-state index is 0. The van der Waals surface area contributed by atoms with E-state index in [0.29, 0.717) is 0 Å². The van der Waals surface area contributed by atoms with Gasteiger partial charge in [0.25, 0.3) is 0 Å². The van der Waals surface area contributed by atoms with Gasteiger partial charge in [0.1, 0.15) is 5.58 Å². The molecule has 3 aliphatic carbocycles. The molecule has 1 radical (unpaired) electrons. The Kier molecular flexibility index (Phi) is 12.5. The number of hydrogen-bond donors (Lipinski definition) is 0. The van der Waals surface area contributed by atoms with E-state index in [-0.39, 0.29) is 25.5 Å². The van der Waals surface area contributed by atoms with Gasteiger partial charge in [0, 0.05) is 37.9 Å². The molecule has 2 bridgehead atoms. The Morgan fingerprint density at radius 3 is 2.22 bits per heavy atom. The summed E-state index contributed by atoms with van der Waals surface area (Å²) >= 11 is 0. The van der Waals surface area contributed by atoms with E-state index in [1.807, 2.05) is 30.5 Å². The second kappa shape index (κ2) is 17.2. The molecule has 0 spiro atoms. The van der Waals surface area contributed by atoms with Crippen molar-refractivity contribution < 1.29 is 24.5 Å². The third-order valence-electron chi connectivity index (χ3n) is 12.5. The fraction of sp³-hybridized carbons (Fsp3) is 0.358. The van der Waals surface area contributed by atoms with Crippen LogP contribution in [0.15, 0.2) is 108 Å². The molecule has 0 N–H and O–H groups in total. The van der Waals surface area contributed by atoms with Crippen molar-refractivity contribution in [3.05, 3.63) is 138 Å². The van der Waals surface area contributed by atoms with Crippen LogP contribution in [0, 0.1) is 49.1 Å². The molecule has 58 heavy (non-hydrogen) atoms. The normalized spacial score (nSPS) is 17.8. The third kappa shape index (κ3) is 9.18. The number of pyridine rings is 2. The SMILES string of the molecule is CC(C)(C)Cc1cc(-c2[c-]cccc2)ncc1[Si](C)(C)C.Cc1cccc(C)c1-c1ccc2c(c1)oc1c(-c3cc(CC4CC5CCC4CC5)ccn3)[c-]ccc12.[Ir]. The van der Waals surface area contributed by atoms with Crippen molar-refractivity contribution in [1.29, 1.82) is 0 Å². The van der Waals surface area contributed by atoms with Gasteiger partial charge in [-0.3, -0.25) is 0 Å². The van der Waals surface area contributed by atoms with Gasteiger partial charge >= 0.3 is 0 Å². The van der Waals surface area contributed by atoms with Gasteiger partial charge in [-0.2, -0.15) is 0 Å². The molecule has 3 aromatic heterocycles. The van der Waals surface area contributed by atoms with E-state index in [1.165, 1.54) is 77.1 Å². The van der Waals surface area contributed by atoms with E-state index < -0.39 is 8.07 Å². The van der Waals surface area contributed by atoms with E-state index in [4.69, 9.17) is 14.4 Å². The summed E-state index contributed by atoms with van der Waals surface area (Å²) in [7, 11) is -1.37. The molecule has 7 aromatic rings. The Labute approximate surface area is 361 Å². The molecule has 4 aromatic carbocycles. The molecule has 3 aliphatic rings. The van der Waals surface area contributed by atoms with Crippen LogP contribution in [0.5, 0.6) is 0 Å². The largest absolute Gasteiger partial charge is 0.501 e. The zero-order valence-electron chi connectivity index (χ0n) is 35.6. The number of aryl methyl sites for hydroxylation is 2. The average molecular weight is 959 g/mol. The molecule has 10 rings (SSSR count). The van der Waals surface area contributed by atoms with Crippen molar-refractivity contribution in [3.8, 4) is 33.6 Å². The smallest absolute Gasteiger partial charge is 0.121 e. The monoisotopic (exact) mass is 959 g/mol. The minimum Gasteiger partial charge on any atom is -0.501 e. The van der Waals surface area contributed by atoms with Crippen LogP contribution in [-0.4, -0.2) is 18.0 Å². The second-order valence-electron chi connectivity index (χ2n) is 19.2. The number of nitrogens with zero attached hydrogens (tertiary/aromatic N) is 2. The molecular formula is C53H58IrN2OSi-2. The maximum absolute atomic E-state index is 6.54. The Balaban J connectivity index is 0.000000200. The first-order chi connectivity index (χ1) is 27.3. The van der Waals surface area contributed by atoms with Crippen LogP contribution in [0.3, 0.4) is 0 Å². The summed E-state index contributed by atoms with van der Waals surface area (Å²) in [6.07, 6.45) is 13.5. The average Bonchev–Trinajstić information content (AvgIpc) is 3.56. The van der Waals surface area contributed by atoms with Crippen molar-refractivity contribution in [2.24, 2.45) is 23.2 Å². The third-order valence-corrected chi connectivity index (χ3v) is 14.5. The van der Waals surface area contributed by atoms with E-state index >= 15 is 0 Å². The topological polar surface area (TPSA) is 38.9 Å². The summed E-state index contributed by atoms with van der Waals surface area (Å²) in [5.41, 5.74) is 14.0. The summed E-state index contributed by atoms with van der Waals surface area (Å²) in [4.78, 5) is 9.48. The predicted molar refractivity (Wildman–Crippen MR) is 243 cm³/mol. The molecule has 1 unspecified atom stereocenters. The summed E-state index contributed by atoms with van der Waals surface area (Å²) in [5, 5.41) is 3.75. The number of benzene rings is 4. The van der Waals surface area contributed by atoms with Crippen LogP contribution in [0.4, 0.5) is 0 Å². The van der Waals surface area contributed by atoms with Crippen LogP contribution >= 0.6 is 0 Å². The summed E-state index contributed by atoms with van der Waals surface area (Å²) in [5.74, 6) is 2.72. The Morgan fingerprint density at radius 1 is 0.776 bits per heavy atom. The van der Waals surface area contributed by atoms with Gasteiger partial charge in [-0.05, 0) is 120 Å². The van der Waals surface area contributed by atoms with Crippen LogP contribution in [0.2, 0.25) is 19.6 Å². The van der Waals surface area contributed by atoms with Crippen LogP contribution < -0.4 is 5.19 Å². The zero-order valence-corrected chi connectivity index (χ0v) is 39.0. The number of rotatable bonds is 7. The number of hydrogen-bond acceptors (Lipinski definition) is 3. The summed E-state index contributed by atoms with van der Waals surface area (Å²) < 4.78 is 6.54. The van der Waals surface area contributed by atoms with Gasteiger partial charge in [0.2, 0.25) is 0 Å². The van der Waals surface area contributed by atoms with Crippen molar-refractivity contribution in [3.63, 3.8) is 0 Å². The maximum Gasteiger partial charge on any atom is 0.121 e. The van der Waals surface area contributed by atoms with Crippen molar-refractivity contribution >= 4 is 35.2 Å². The summed E-state index contributed by atoms with van der Waals surface area (Å²) in [6.45, 7) is 18.4. The van der Waals surface area contributed by atoms with Gasteiger partial charge in [-0.25, -0.2) is 0 Å². The van der Waals surface area contributed by atoms with Crippen molar-refractivity contribution in [1.82, 2.24) is 9.97 Å². The minimum atomic E-state index is -1.37. The number of aromatic nitrogens is 2. The predicted octanol–water partition coefficient (Wildman–Crippen LogP) is 13.8. The van der Waals surface area contributed by atoms with Gasteiger partial charge in [-0.1, -0.05) is 118 Å². The van der Waals surface area contributed by atoms with Crippen LogP contribution in [0.1, 0.15) is 75.1 Å². The quantitative estimate of drug-likeness (QED) is 0.118. The molecule has 3 heterocycles. The molecule has 3 saturated carbocycles. The number of fused-ring (bicyclic) bond motifs is 6. The molecular weight excluding hydrogens is 901 g/mol. The van der Waals surface area contributed by atoms with Gasteiger partial charge in [0.05, 0.1) is 13.7 Å². The molecule has 1 atom stereocenters. The van der Waals surface area contributed by atoms with Gasteiger partial charge < -0.3 is 14.4 Å².